The van der Waals surface area contributed by atoms with Crippen LogP contribution in [0.15, 0.2) is 23.1 Å². The number of fused-ring (bicyclic) bond motifs is 1. The van der Waals surface area contributed by atoms with Crippen LogP contribution in [0.3, 0.4) is 0 Å². The van der Waals surface area contributed by atoms with Gasteiger partial charge < -0.3 is 9.64 Å². The van der Waals surface area contributed by atoms with E-state index >= 15 is 0 Å². The summed E-state index contributed by atoms with van der Waals surface area (Å²) < 4.78 is 5.68. The molecule has 1 aromatic carbocycles. The largest absolute Gasteiger partial charge is 0.372 e. The third kappa shape index (κ3) is 3.61. The highest BCUT2D eigenvalue weighted by Crippen LogP contribution is 2.27. The second-order valence-electron chi connectivity index (χ2n) is 6.13. The topological polar surface area (TPSA) is 29.5 Å². The predicted molar refractivity (Wildman–Crippen MR) is 85.8 cm³/mol. The van der Waals surface area contributed by atoms with Crippen molar-refractivity contribution in [3.63, 3.8) is 0 Å². The number of aryl methyl sites for hydroxylation is 2. The summed E-state index contributed by atoms with van der Waals surface area (Å²) in [4.78, 5) is 15.5. The van der Waals surface area contributed by atoms with Gasteiger partial charge in [-0.05, 0) is 56.4 Å². The van der Waals surface area contributed by atoms with Crippen LogP contribution in [-0.4, -0.2) is 41.9 Å². The first-order valence-corrected chi connectivity index (χ1v) is 8.78. The second-order valence-corrected chi connectivity index (χ2v) is 7.18. The molecule has 2 unspecified atom stereocenters. The van der Waals surface area contributed by atoms with Gasteiger partial charge in [-0.25, -0.2) is 0 Å². The molecule has 0 aromatic heterocycles. The third-order valence-corrected chi connectivity index (χ3v) is 5.18. The first-order chi connectivity index (χ1) is 10.1. The molecule has 3 nitrogen and oxygen atoms in total. The number of hydrogen-bond acceptors (Lipinski definition) is 3. The molecule has 1 aliphatic carbocycles. The zero-order valence-corrected chi connectivity index (χ0v) is 13.6. The average molecular weight is 305 g/mol. The molecule has 0 spiro atoms. The van der Waals surface area contributed by atoms with Crippen LogP contribution in [-0.2, 0) is 22.4 Å². The molecule has 21 heavy (non-hydrogen) atoms. The summed E-state index contributed by atoms with van der Waals surface area (Å²) in [6.45, 7) is 5.50. The van der Waals surface area contributed by atoms with Crippen molar-refractivity contribution in [2.75, 3.05) is 18.8 Å². The van der Waals surface area contributed by atoms with Crippen LogP contribution in [0.5, 0.6) is 0 Å². The van der Waals surface area contributed by atoms with Gasteiger partial charge in [-0.15, -0.1) is 11.8 Å². The van der Waals surface area contributed by atoms with Gasteiger partial charge in [-0.2, -0.15) is 0 Å². The minimum Gasteiger partial charge on any atom is -0.372 e. The number of morpholine rings is 1. The Morgan fingerprint density at radius 1 is 1.24 bits per heavy atom. The lowest BCUT2D eigenvalue weighted by molar-refractivity contribution is -0.140. The van der Waals surface area contributed by atoms with E-state index in [1.807, 2.05) is 18.7 Å². The molecule has 1 aromatic rings. The van der Waals surface area contributed by atoms with Crippen molar-refractivity contribution in [1.82, 2.24) is 4.90 Å². The molecule has 1 fully saturated rings. The first-order valence-electron chi connectivity index (χ1n) is 7.79. The number of ether oxygens (including phenoxy) is 1. The van der Waals surface area contributed by atoms with Crippen molar-refractivity contribution in [2.45, 2.75) is 50.2 Å². The van der Waals surface area contributed by atoms with Crippen molar-refractivity contribution >= 4 is 17.7 Å². The smallest absolute Gasteiger partial charge is 0.233 e. The molecule has 0 N–H and O–H groups in total. The predicted octanol–water partition coefficient (Wildman–Crippen LogP) is 2.90. The summed E-state index contributed by atoms with van der Waals surface area (Å²) in [7, 11) is 0. The summed E-state index contributed by atoms with van der Waals surface area (Å²) in [5.74, 6) is 0.751. The van der Waals surface area contributed by atoms with Crippen LogP contribution < -0.4 is 0 Å². The van der Waals surface area contributed by atoms with E-state index in [9.17, 15) is 4.79 Å². The molecule has 1 aliphatic heterocycles. The number of amides is 1. The molecule has 3 rings (SSSR count). The van der Waals surface area contributed by atoms with Crippen molar-refractivity contribution in [3.05, 3.63) is 29.3 Å². The standard InChI is InChI=1S/C17H23NO2S/c1-12-9-18(10-13(2)20-12)17(19)11-21-16-7-6-14-4-3-5-15(14)8-16/h6-8,12-13H,3-5,9-11H2,1-2H3. The zero-order valence-electron chi connectivity index (χ0n) is 12.8. The van der Waals surface area contributed by atoms with E-state index in [1.54, 1.807) is 11.8 Å². The normalized spacial score (nSPS) is 25.0. The van der Waals surface area contributed by atoms with Crippen LogP contribution in [0.25, 0.3) is 0 Å². The molecule has 114 valence electrons. The van der Waals surface area contributed by atoms with Crippen LogP contribution in [0.4, 0.5) is 0 Å². The Bertz CT molecular complexity index is 522. The van der Waals surface area contributed by atoms with Crippen LogP contribution >= 0.6 is 11.8 Å². The number of carbonyl (C=O) groups is 1. The van der Waals surface area contributed by atoms with E-state index in [0.29, 0.717) is 18.8 Å². The van der Waals surface area contributed by atoms with Crippen molar-refractivity contribution < 1.29 is 9.53 Å². The van der Waals surface area contributed by atoms with Crippen molar-refractivity contribution in [2.24, 2.45) is 0 Å². The van der Waals surface area contributed by atoms with Crippen LogP contribution in [0, 0.1) is 0 Å². The number of hydrogen-bond donors (Lipinski definition) is 0. The lowest BCUT2D eigenvalue weighted by Gasteiger charge is -2.35. The summed E-state index contributed by atoms with van der Waals surface area (Å²) in [5, 5.41) is 0. The highest BCUT2D eigenvalue weighted by molar-refractivity contribution is 8.00. The van der Waals surface area contributed by atoms with E-state index in [0.717, 1.165) is 0 Å². The van der Waals surface area contributed by atoms with Gasteiger partial charge >= 0.3 is 0 Å². The van der Waals surface area contributed by atoms with Gasteiger partial charge in [0.25, 0.3) is 0 Å². The van der Waals surface area contributed by atoms with Gasteiger partial charge in [0, 0.05) is 18.0 Å². The van der Waals surface area contributed by atoms with E-state index < -0.39 is 0 Å². The van der Waals surface area contributed by atoms with Crippen LogP contribution in [0.2, 0.25) is 0 Å². The maximum atomic E-state index is 12.3. The highest BCUT2D eigenvalue weighted by atomic mass is 32.2. The van der Waals surface area contributed by atoms with E-state index in [-0.39, 0.29) is 18.1 Å². The quantitative estimate of drug-likeness (QED) is 0.804. The molecule has 0 saturated carbocycles. The number of carbonyl (C=O) groups excluding carboxylic acids is 1. The first kappa shape index (κ1) is 14.9. The Kier molecular flexibility index (Phi) is 4.55. The number of thioether (sulfide) groups is 1. The molecule has 1 heterocycles. The molecule has 0 radical (unpaired) electrons. The molecule has 1 amide bonds. The number of benzene rings is 1. The molecule has 0 bridgehead atoms. The fraction of sp³-hybridized carbons (Fsp3) is 0.588. The summed E-state index contributed by atoms with van der Waals surface area (Å²) in [5.41, 5.74) is 2.96. The molecule has 2 atom stereocenters. The van der Waals surface area contributed by atoms with E-state index in [2.05, 4.69) is 18.2 Å². The highest BCUT2D eigenvalue weighted by Gasteiger charge is 2.25. The van der Waals surface area contributed by atoms with Gasteiger partial charge in [0.05, 0.1) is 18.0 Å². The maximum absolute atomic E-state index is 12.3. The SMILES string of the molecule is CC1CN(C(=O)CSc2ccc3c(c2)CCC3)CC(C)O1. The monoisotopic (exact) mass is 305 g/mol. The van der Waals surface area contributed by atoms with E-state index in [1.165, 1.54) is 35.3 Å². The fourth-order valence-corrected chi connectivity index (χ4v) is 4.12. The molecule has 2 aliphatic rings. The summed E-state index contributed by atoms with van der Waals surface area (Å²) in [6, 6.07) is 6.66. The Hall–Kier alpha value is -1.00. The summed E-state index contributed by atoms with van der Waals surface area (Å²) >= 11 is 1.66. The maximum Gasteiger partial charge on any atom is 0.233 e. The van der Waals surface area contributed by atoms with Crippen molar-refractivity contribution in [1.29, 1.82) is 0 Å². The van der Waals surface area contributed by atoms with Gasteiger partial charge in [0.15, 0.2) is 0 Å². The van der Waals surface area contributed by atoms with Gasteiger partial charge in [-0.3, -0.25) is 4.79 Å². The third-order valence-electron chi connectivity index (χ3n) is 4.20. The molecule has 1 saturated heterocycles. The molecule has 4 heteroatoms. The summed E-state index contributed by atoms with van der Waals surface area (Å²) in [6.07, 6.45) is 3.95. The van der Waals surface area contributed by atoms with Crippen LogP contribution in [0.1, 0.15) is 31.4 Å². The van der Waals surface area contributed by atoms with Crippen molar-refractivity contribution in [3.8, 4) is 0 Å². The Labute approximate surface area is 131 Å². The minimum atomic E-state index is 0.141. The Morgan fingerprint density at radius 2 is 1.95 bits per heavy atom. The zero-order chi connectivity index (χ0) is 14.8. The van der Waals surface area contributed by atoms with Gasteiger partial charge in [0.1, 0.15) is 0 Å². The van der Waals surface area contributed by atoms with Gasteiger partial charge in [-0.1, -0.05) is 6.07 Å². The molecular formula is C17H23NO2S. The Balaban J connectivity index is 1.56. The second kappa shape index (κ2) is 6.41. The van der Waals surface area contributed by atoms with Gasteiger partial charge in [0.2, 0.25) is 5.91 Å². The fourth-order valence-electron chi connectivity index (χ4n) is 3.26. The average Bonchev–Trinajstić information content (AvgIpc) is 2.91. The lowest BCUT2D eigenvalue weighted by Crippen LogP contribution is -2.48. The minimum absolute atomic E-state index is 0.141. The lowest BCUT2D eigenvalue weighted by atomic mass is 10.1. The number of nitrogens with zero attached hydrogens (tertiary/aromatic N) is 1. The Morgan fingerprint density at radius 3 is 2.71 bits per heavy atom. The molecular weight excluding hydrogens is 282 g/mol. The number of rotatable bonds is 3. The van der Waals surface area contributed by atoms with E-state index in [4.69, 9.17) is 4.74 Å².